The summed E-state index contributed by atoms with van der Waals surface area (Å²) in [7, 11) is 3.52. The number of hydrogen-bond donors (Lipinski definition) is 1. The normalized spacial score (nSPS) is 15.8. The van der Waals surface area contributed by atoms with Gasteiger partial charge in [0.1, 0.15) is 6.33 Å². The Bertz CT molecular complexity index is 315. The molecule has 2 heterocycles. The summed E-state index contributed by atoms with van der Waals surface area (Å²) < 4.78 is 5.14. The first-order chi connectivity index (χ1) is 6.35. The molecule has 1 aliphatic heterocycles. The van der Waals surface area contributed by atoms with E-state index in [9.17, 15) is 0 Å². The predicted molar refractivity (Wildman–Crippen MR) is 46.9 cm³/mol. The molecule has 0 spiro atoms. The van der Waals surface area contributed by atoms with Gasteiger partial charge in [-0.2, -0.15) is 0 Å². The molecule has 0 fully saturated rings. The minimum absolute atomic E-state index is 0.683. The molecule has 1 aromatic heterocycles. The van der Waals surface area contributed by atoms with Crippen molar-refractivity contribution in [2.24, 2.45) is 0 Å². The molecule has 0 bridgehead atoms. The van der Waals surface area contributed by atoms with Crippen LogP contribution in [0.3, 0.4) is 0 Å². The van der Waals surface area contributed by atoms with E-state index in [0.29, 0.717) is 5.88 Å². The van der Waals surface area contributed by atoms with Gasteiger partial charge in [0.05, 0.1) is 24.9 Å². The maximum Gasteiger partial charge on any atom is 0.221 e. The summed E-state index contributed by atoms with van der Waals surface area (Å²) in [5, 5.41) is 2.06. The van der Waals surface area contributed by atoms with E-state index in [4.69, 9.17) is 4.74 Å². The zero-order valence-corrected chi connectivity index (χ0v) is 7.74. The summed E-state index contributed by atoms with van der Waals surface area (Å²) in [4.78, 5) is 8.24. The fraction of sp³-hybridized carbons (Fsp3) is 0.500. The summed E-state index contributed by atoms with van der Waals surface area (Å²) in [6.07, 6.45) is 1.54. The van der Waals surface area contributed by atoms with Gasteiger partial charge in [-0.15, -0.1) is 0 Å². The number of ether oxygens (including phenoxy) is 1. The van der Waals surface area contributed by atoms with Gasteiger partial charge < -0.3 is 4.74 Å². The van der Waals surface area contributed by atoms with Crippen LogP contribution in [0.15, 0.2) is 6.33 Å². The molecule has 0 saturated heterocycles. The standard InChI is InChI=1S/C8H12N4O/c1-9-12-3-6-7(4-12)10-5-11-8(6)13-2/h5,9H,3-4H2,1-2H3. The van der Waals surface area contributed by atoms with E-state index in [2.05, 4.69) is 20.4 Å². The fourth-order valence-corrected chi connectivity index (χ4v) is 1.49. The molecule has 2 rings (SSSR count). The molecule has 1 N–H and O–H groups in total. The van der Waals surface area contributed by atoms with Gasteiger partial charge in [0, 0.05) is 6.54 Å². The molecule has 0 radical (unpaired) electrons. The van der Waals surface area contributed by atoms with Gasteiger partial charge in [-0.05, 0) is 7.05 Å². The third-order valence-electron chi connectivity index (χ3n) is 2.19. The zero-order valence-electron chi connectivity index (χ0n) is 7.74. The molecule has 0 atom stereocenters. The number of nitrogens with zero attached hydrogens (tertiary/aromatic N) is 3. The van der Waals surface area contributed by atoms with Gasteiger partial charge in [0.2, 0.25) is 5.88 Å². The van der Waals surface area contributed by atoms with Gasteiger partial charge in [-0.3, -0.25) is 5.43 Å². The van der Waals surface area contributed by atoms with Crippen molar-refractivity contribution < 1.29 is 4.74 Å². The quantitative estimate of drug-likeness (QED) is 0.690. The monoisotopic (exact) mass is 180 g/mol. The average Bonchev–Trinajstić information content (AvgIpc) is 2.59. The first-order valence-corrected chi connectivity index (χ1v) is 4.14. The molecule has 0 aromatic carbocycles. The fourth-order valence-electron chi connectivity index (χ4n) is 1.49. The maximum atomic E-state index is 5.14. The Balaban J connectivity index is 2.33. The highest BCUT2D eigenvalue weighted by atomic mass is 16.5. The third-order valence-corrected chi connectivity index (χ3v) is 2.19. The Labute approximate surface area is 76.7 Å². The number of hydrazine groups is 1. The van der Waals surface area contributed by atoms with Crippen molar-refractivity contribution in [3.63, 3.8) is 0 Å². The number of fused-ring (bicyclic) bond motifs is 1. The Morgan fingerprint density at radius 3 is 3.00 bits per heavy atom. The van der Waals surface area contributed by atoms with Gasteiger partial charge in [-0.1, -0.05) is 0 Å². The van der Waals surface area contributed by atoms with Crippen LogP contribution in [-0.4, -0.2) is 29.1 Å². The first kappa shape index (κ1) is 8.40. The highest BCUT2D eigenvalue weighted by Gasteiger charge is 2.23. The van der Waals surface area contributed by atoms with Crippen LogP contribution in [-0.2, 0) is 13.1 Å². The first-order valence-electron chi connectivity index (χ1n) is 4.14. The lowest BCUT2D eigenvalue weighted by molar-refractivity contribution is 0.209. The van der Waals surface area contributed by atoms with Gasteiger partial charge in [-0.25, -0.2) is 15.0 Å². The molecule has 5 heteroatoms. The van der Waals surface area contributed by atoms with Crippen molar-refractivity contribution in [2.75, 3.05) is 14.2 Å². The molecule has 0 unspecified atom stereocenters. The van der Waals surface area contributed by atoms with Crippen LogP contribution in [0, 0.1) is 0 Å². The number of hydrogen-bond acceptors (Lipinski definition) is 5. The number of rotatable bonds is 2. The Morgan fingerprint density at radius 2 is 2.31 bits per heavy atom. The van der Waals surface area contributed by atoms with Crippen molar-refractivity contribution in [3.8, 4) is 5.88 Å². The molecule has 13 heavy (non-hydrogen) atoms. The second-order valence-corrected chi connectivity index (χ2v) is 2.89. The predicted octanol–water partition coefficient (Wildman–Crippen LogP) is -0.0648. The Hall–Kier alpha value is -1.20. The second-order valence-electron chi connectivity index (χ2n) is 2.89. The van der Waals surface area contributed by atoms with Crippen LogP contribution >= 0.6 is 0 Å². The minimum Gasteiger partial charge on any atom is -0.481 e. The van der Waals surface area contributed by atoms with Crippen molar-refractivity contribution in [1.82, 2.24) is 20.4 Å². The topological polar surface area (TPSA) is 50.3 Å². The summed E-state index contributed by atoms with van der Waals surface area (Å²) in [6.45, 7) is 1.61. The van der Waals surface area contributed by atoms with Gasteiger partial charge in [0.25, 0.3) is 0 Å². The van der Waals surface area contributed by atoms with Crippen molar-refractivity contribution in [1.29, 1.82) is 0 Å². The van der Waals surface area contributed by atoms with Crippen molar-refractivity contribution >= 4 is 0 Å². The largest absolute Gasteiger partial charge is 0.481 e. The van der Waals surface area contributed by atoms with Crippen molar-refractivity contribution in [3.05, 3.63) is 17.6 Å². The van der Waals surface area contributed by atoms with Crippen molar-refractivity contribution in [2.45, 2.75) is 13.1 Å². The van der Waals surface area contributed by atoms with Crippen LogP contribution in [0.5, 0.6) is 5.88 Å². The number of nitrogens with one attached hydrogen (secondary N) is 1. The molecule has 70 valence electrons. The van der Waals surface area contributed by atoms with E-state index < -0.39 is 0 Å². The molecule has 0 aliphatic carbocycles. The van der Waals surface area contributed by atoms with E-state index in [1.54, 1.807) is 7.11 Å². The zero-order chi connectivity index (χ0) is 9.26. The molecule has 5 nitrogen and oxygen atoms in total. The lowest BCUT2D eigenvalue weighted by Gasteiger charge is -2.10. The van der Waals surface area contributed by atoms with Gasteiger partial charge in [0.15, 0.2) is 0 Å². The second kappa shape index (κ2) is 3.27. The molecule has 0 saturated carbocycles. The maximum absolute atomic E-state index is 5.14. The van der Waals surface area contributed by atoms with E-state index in [-0.39, 0.29) is 0 Å². The van der Waals surface area contributed by atoms with E-state index in [1.807, 2.05) is 7.05 Å². The number of aromatic nitrogens is 2. The summed E-state index contributed by atoms with van der Waals surface area (Å²) in [5.74, 6) is 0.683. The highest BCUT2D eigenvalue weighted by Crippen LogP contribution is 2.25. The lowest BCUT2D eigenvalue weighted by Crippen LogP contribution is -2.29. The molecule has 1 aromatic rings. The summed E-state index contributed by atoms with van der Waals surface area (Å²) in [5.41, 5.74) is 5.20. The lowest BCUT2D eigenvalue weighted by atomic mass is 10.3. The molecular formula is C8H12N4O. The van der Waals surface area contributed by atoms with Crippen LogP contribution in [0.2, 0.25) is 0 Å². The van der Waals surface area contributed by atoms with Gasteiger partial charge >= 0.3 is 0 Å². The van der Waals surface area contributed by atoms with Crippen LogP contribution in [0.25, 0.3) is 0 Å². The SMILES string of the molecule is CNN1Cc2ncnc(OC)c2C1. The van der Waals surface area contributed by atoms with E-state index in [1.165, 1.54) is 6.33 Å². The molecule has 0 amide bonds. The number of methoxy groups -OCH3 is 1. The summed E-state index contributed by atoms with van der Waals surface area (Å²) in [6, 6.07) is 0. The van der Waals surface area contributed by atoms with Crippen LogP contribution in [0.4, 0.5) is 0 Å². The Morgan fingerprint density at radius 1 is 1.46 bits per heavy atom. The highest BCUT2D eigenvalue weighted by molar-refractivity contribution is 5.32. The third kappa shape index (κ3) is 1.36. The van der Waals surface area contributed by atoms with E-state index in [0.717, 1.165) is 24.3 Å². The molecule has 1 aliphatic rings. The average molecular weight is 180 g/mol. The van der Waals surface area contributed by atoms with Crippen LogP contribution in [0.1, 0.15) is 11.3 Å². The molecular weight excluding hydrogens is 168 g/mol. The summed E-state index contributed by atoms with van der Waals surface area (Å²) >= 11 is 0. The van der Waals surface area contributed by atoms with Crippen LogP contribution < -0.4 is 10.2 Å². The smallest absolute Gasteiger partial charge is 0.221 e. The van der Waals surface area contributed by atoms with E-state index >= 15 is 0 Å². The Kier molecular flexibility index (Phi) is 2.12. The minimum atomic E-state index is 0.683.